The molecule has 2 aliphatic heterocycles. The molecule has 3 atom stereocenters. The SMILES string of the molecule is Cl.Cn1cc([C@H]2CNC[C@@H]2C(=O)N2CCCC2Cc2c(F)cccc2Cl)cn1. The Morgan fingerprint density at radius 3 is 2.93 bits per heavy atom. The summed E-state index contributed by atoms with van der Waals surface area (Å²) < 4.78 is 16.0. The molecule has 2 aromatic rings. The van der Waals surface area contributed by atoms with Crippen molar-refractivity contribution in [3.63, 3.8) is 0 Å². The van der Waals surface area contributed by atoms with Gasteiger partial charge in [-0.15, -0.1) is 12.4 Å². The van der Waals surface area contributed by atoms with Crippen molar-refractivity contribution >= 4 is 29.9 Å². The molecule has 1 aromatic heterocycles. The number of carbonyl (C=O) groups excluding carboxylic acids is 1. The van der Waals surface area contributed by atoms with Crippen molar-refractivity contribution in [2.24, 2.45) is 13.0 Å². The van der Waals surface area contributed by atoms with Gasteiger partial charge in [-0.1, -0.05) is 17.7 Å². The summed E-state index contributed by atoms with van der Waals surface area (Å²) in [5, 5.41) is 8.04. The third kappa shape index (κ3) is 4.04. The number of rotatable bonds is 4. The first-order chi connectivity index (χ1) is 13.0. The Morgan fingerprint density at radius 1 is 1.39 bits per heavy atom. The largest absolute Gasteiger partial charge is 0.339 e. The van der Waals surface area contributed by atoms with Crippen LogP contribution in [0.25, 0.3) is 0 Å². The highest BCUT2D eigenvalue weighted by Crippen LogP contribution is 2.33. The minimum absolute atomic E-state index is 0. The van der Waals surface area contributed by atoms with Gasteiger partial charge in [0.05, 0.1) is 12.1 Å². The second-order valence-corrected chi connectivity index (χ2v) is 7.96. The third-order valence-corrected chi connectivity index (χ3v) is 6.20. The minimum atomic E-state index is -0.294. The predicted octanol–water partition coefficient (Wildman–Crippen LogP) is 3.17. The Bertz CT molecular complexity index is 823. The zero-order valence-electron chi connectivity index (χ0n) is 15.8. The number of amides is 1. The molecule has 0 bridgehead atoms. The number of halogens is 3. The van der Waals surface area contributed by atoms with Gasteiger partial charge in [0, 0.05) is 55.4 Å². The fourth-order valence-corrected chi connectivity index (χ4v) is 4.67. The van der Waals surface area contributed by atoms with E-state index in [-0.39, 0.29) is 42.0 Å². The molecule has 0 aliphatic carbocycles. The van der Waals surface area contributed by atoms with Crippen LogP contribution in [-0.2, 0) is 18.3 Å². The number of nitrogens with one attached hydrogen (secondary N) is 1. The highest BCUT2D eigenvalue weighted by atomic mass is 35.5. The molecule has 2 saturated heterocycles. The van der Waals surface area contributed by atoms with Crippen LogP contribution in [0.1, 0.15) is 29.9 Å². The Hall–Kier alpha value is -1.63. The van der Waals surface area contributed by atoms with Crippen LogP contribution in [0.15, 0.2) is 30.6 Å². The number of likely N-dealkylation sites (tertiary alicyclic amines) is 1. The van der Waals surface area contributed by atoms with Crippen molar-refractivity contribution < 1.29 is 9.18 Å². The monoisotopic (exact) mass is 426 g/mol. The molecule has 1 amide bonds. The lowest BCUT2D eigenvalue weighted by atomic mass is 9.89. The molecule has 28 heavy (non-hydrogen) atoms. The summed E-state index contributed by atoms with van der Waals surface area (Å²) in [6.45, 7) is 2.17. The van der Waals surface area contributed by atoms with E-state index in [2.05, 4.69) is 10.4 Å². The first-order valence-electron chi connectivity index (χ1n) is 9.47. The van der Waals surface area contributed by atoms with Gasteiger partial charge >= 0.3 is 0 Å². The highest BCUT2D eigenvalue weighted by Gasteiger charge is 2.40. The van der Waals surface area contributed by atoms with Crippen LogP contribution in [0.4, 0.5) is 4.39 Å². The zero-order valence-corrected chi connectivity index (χ0v) is 17.3. The number of aromatic nitrogens is 2. The number of carbonyl (C=O) groups is 1. The number of hydrogen-bond acceptors (Lipinski definition) is 3. The van der Waals surface area contributed by atoms with Crippen LogP contribution in [-0.4, -0.2) is 46.3 Å². The van der Waals surface area contributed by atoms with Crippen LogP contribution in [0.5, 0.6) is 0 Å². The maximum Gasteiger partial charge on any atom is 0.227 e. The summed E-state index contributed by atoms with van der Waals surface area (Å²) in [5.74, 6) is -0.114. The molecular formula is C20H25Cl2FN4O. The fourth-order valence-electron chi connectivity index (χ4n) is 4.43. The van der Waals surface area contributed by atoms with E-state index in [1.54, 1.807) is 16.8 Å². The zero-order chi connectivity index (χ0) is 19.0. The van der Waals surface area contributed by atoms with Crippen molar-refractivity contribution in [2.75, 3.05) is 19.6 Å². The number of hydrogen-bond donors (Lipinski definition) is 1. The highest BCUT2D eigenvalue weighted by molar-refractivity contribution is 6.31. The predicted molar refractivity (Wildman–Crippen MR) is 109 cm³/mol. The molecule has 0 radical (unpaired) electrons. The summed E-state index contributed by atoms with van der Waals surface area (Å²) >= 11 is 6.21. The summed E-state index contributed by atoms with van der Waals surface area (Å²) in [7, 11) is 1.89. The molecule has 0 saturated carbocycles. The number of aryl methyl sites for hydroxylation is 1. The van der Waals surface area contributed by atoms with Crippen LogP contribution < -0.4 is 5.32 Å². The maximum atomic E-state index is 14.2. The van der Waals surface area contributed by atoms with Crippen molar-refractivity contribution in [2.45, 2.75) is 31.2 Å². The molecule has 2 fully saturated rings. The van der Waals surface area contributed by atoms with Gasteiger partial charge in [-0.2, -0.15) is 5.10 Å². The molecule has 3 heterocycles. The molecule has 2 aliphatic rings. The Kier molecular flexibility index (Phi) is 6.63. The molecule has 1 unspecified atom stereocenters. The quantitative estimate of drug-likeness (QED) is 0.816. The van der Waals surface area contributed by atoms with Gasteiger partial charge in [-0.3, -0.25) is 9.48 Å². The van der Waals surface area contributed by atoms with E-state index < -0.39 is 0 Å². The molecule has 1 aromatic carbocycles. The van der Waals surface area contributed by atoms with Gasteiger partial charge in [0.2, 0.25) is 5.91 Å². The topological polar surface area (TPSA) is 50.2 Å². The van der Waals surface area contributed by atoms with E-state index in [4.69, 9.17) is 11.6 Å². The molecular weight excluding hydrogens is 402 g/mol. The van der Waals surface area contributed by atoms with Gasteiger partial charge in [-0.25, -0.2) is 4.39 Å². The molecule has 8 heteroatoms. The van der Waals surface area contributed by atoms with Crippen molar-refractivity contribution in [3.05, 3.63) is 52.6 Å². The lowest BCUT2D eigenvalue weighted by Crippen LogP contribution is -2.42. The average Bonchev–Trinajstić information content (AvgIpc) is 3.37. The third-order valence-electron chi connectivity index (χ3n) is 5.85. The van der Waals surface area contributed by atoms with Gasteiger partial charge < -0.3 is 10.2 Å². The van der Waals surface area contributed by atoms with Crippen LogP contribution in [0.2, 0.25) is 5.02 Å². The number of nitrogens with zero attached hydrogens (tertiary/aromatic N) is 3. The standard InChI is InChI=1S/C20H24ClFN4O.ClH/c1-25-12-13(9-24-25)16-10-23-11-17(16)20(27)26-7-3-4-14(26)8-15-18(21)5-2-6-19(15)22;/h2,5-6,9,12,14,16-17,23H,3-4,7-8,10-11H2,1H3;1H/t14?,16-,17+;/m1./s1. The van der Waals surface area contributed by atoms with Crippen molar-refractivity contribution in [1.29, 1.82) is 0 Å². The van der Waals surface area contributed by atoms with Gasteiger partial charge in [-0.05, 0) is 37.0 Å². The van der Waals surface area contributed by atoms with E-state index in [1.807, 2.05) is 24.3 Å². The Balaban J connectivity index is 0.00000225. The van der Waals surface area contributed by atoms with Gasteiger partial charge in [0.25, 0.3) is 0 Å². The fraction of sp³-hybridized carbons (Fsp3) is 0.500. The first kappa shape index (κ1) is 21.1. The maximum absolute atomic E-state index is 14.2. The Labute approximate surface area is 175 Å². The average molecular weight is 427 g/mol. The number of benzene rings is 1. The van der Waals surface area contributed by atoms with Crippen molar-refractivity contribution in [3.8, 4) is 0 Å². The van der Waals surface area contributed by atoms with E-state index in [0.29, 0.717) is 23.6 Å². The Morgan fingerprint density at radius 2 is 2.21 bits per heavy atom. The molecule has 5 nitrogen and oxygen atoms in total. The van der Waals surface area contributed by atoms with Crippen LogP contribution in [0.3, 0.4) is 0 Å². The lowest BCUT2D eigenvalue weighted by Gasteiger charge is -2.29. The van der Waals surface area contributed by atoms with E-state index in [1.165, 1.54) is 6.07 Å². The van der Waals surface area contributed by atoms with E-state index >= 15 is 0 Å². The second-order valence-electron chi connectivity index (χ2n) is 7.55. The summed E-state index contributed by atoms with van der Waals surface area (Å²) in [6, 6.07) is 4.76. The van der Waals surface area contributed by atoms with Gasteiger partial charge in [0.1, 0.15) is 5.82 Å². The first-order valence-corrected chi connectivity index (χ1v) is 9.85. The second kappa shape index (κ2) is 8.80. The minimum Gasteiger partial charge on any atom is -0.339 e. The molecule has 4 rings (SSSR count). The molecule has 0 spiro atoms. The lowest BCUT2D eigenvalue weighted by molar-refractivity contribution is -0.136. The van der Waals surface area contributed by atoms with Gasteiger partial charge in [0.15, 0.2) is 0 Å². The molecule has 152 valence electrons. The van der Waals surface area contributed by atoms with Crippen LogP contribution >= 0.6 is 24.0 Å². The van der Waals surface area contributed by atoms with E-state index in [9.17, 15) is 9.18 Å². The van der Waals surface area contributed by atoms with Crippen molar-refractivity contribution in [1.82, 2.24) is 20.0 Å². The summed E-state index contributed by atoms with van der Waals surface area (Å²) in [6.07, 6.45) is 6.13. The van der Waals surface area contributed by atoms with E-state index in [0.717, 1.165) is 31.5 Å². The smallest absolute Gasteiger partial charge is 0.227 e. The normalized spacial score (nSPS) is 24.4. The summed E-state index contributed by atoms with van der Waals surface area (Å²) in [4.78, 5) is 15.3. The summed E-state index contributed by atoms with van der Waals surface area (Å²) in [5.41, 5.74) is 1.60. The molecule has 1 N–H and O–H groups in total. The van der Waals surface area contributed by atoms with Crippen LogP contribution in [0, 0.1) is 11.7 Å².